The molecule has 1 fully saturated rings. The second kappa shape index (κ2) is 9.91. The fourth-order valence-electron chi connectivity index (χ4n) is 3.90. The topological polar surface area (TPSA) is 26.3 Å². The number of ether oxygens (including phenoxy) is 1. The summed E-state index contributed by atoms with van der Waals surface area (Å²) in [6, 6.07) is 8.51. The first-order valence-electron chi connectivity index (χ1n) is 9.43. The molecule has 2 rings (SSSR count). The van der Waals surface area contributed by atoms with Gasteiger partial charge >= 0.3 is 5.97 Å². The lowest BCUT2D eigenvalue weighted by molar-refractivity contribution is -0.918. The molecule has 0 saturated heterocycles. The van der Waals surface area contributed by atoms with Gasteiger partial charge in [-0.3, -0.25) is 0 Å². The number of quaternary nitrogens is 1. The fraction of sp³-hybridized carbons (Fsp3) is 0.667. The Bertz CT molecular complexity index is 551. The first-order chi connectivity index (χ1) is 11.3. The number of carbonyl (C=O) groups is 1. The van der Waals surface area contributed by atoms with E-state index in [4.69, 9.17) is 4.74 Å². The molecule has 142 valence electrons. The van der Waals surface area contributed by atoms with Crippen LogP contribution in [0, 0.1) is 0 Å². The number of rotatable bonds is 6. The van der Waals surface area contributed by atoms with Crippen LogP contribution in [0.4, 0.5) is 0 Å². The van der Waals surface area contributed by atoms with Crippen molar-refractivity contribution >= 4 is 5.97 Å². The molecule has 1 aromatic rings. The summed E-state index contributed by atoms with van der Waals surface area (Å²) in [5.41, 5.74) is 1.84. The Kier molecular flexibility index (Phi) is 8.89. The van der Waals surface area contributed by atoms with Crippen molar-refractivity contribution in [3.05, 3.63) is 35.4 Å². The predicted molar refractivity (Wildman–Crippen MR) is 99.3 cm³/mol. The number of esters is 1. The van der Waals surface area contributed by atoms with E-state index >= 15 is 0 Å². The van der Waals surface area contributed by atoms with Crippen LogP contribution in [-0.4, -0.2) is 43.2 Å². The molecule has 0 spiro atoms. The largest absolute Gasteiger partial charge is 1.00 e. The van der Waals surface area contributed by atoms with E-state index in [1.54, 1.807) is 0 Å². The number of likely N-dealkylation sites (N-methyl/N-ethyl adjacent to an activating group) is 1. The summed E-state index contributed by atoms with van der Waals surface area (Å²) in [6.45, 7) is 7.17. The summed E-state index contributed by atoms with van der Waals surface area (Å²) in [5.74, 6) is 0.214. The van der Waals surface area contributed by atoms with Crippen LogP contribution >= 0.6 is 0 Å². The van der Waals surface area contributed by atoms with Crippen LogP contribution in [0.15, 0.2) is 24.3 Å². The minimum Gasteiger partial charge on any atom is -1.00 e. The van der Waals surface area contributed by atoms with Gasteiger partial charge in [0.2, 0.25) is 0 Å². The maximum Gasteiger partial charge on any atom is 0.338 e. The minimum atomic E-state index is -0.200. The SMILES string of the molecule is CC(C[N+](C)(C)C1CCCCC1)OC(=O)c1cccc(C(C)C)c1.[I-]. The Morgan fingerprint density at radius 1 is 1.16 bits per heavy atom. The van der Waals surface area contributed by atoms with Gasteiger partial charge in [0.05, 0.1) is 25.7 Å². The molecule has 1 aromatic carbocycles. The lowest BCUT2D eigenvalue weighted by atomic mass is 9.93. The highest BCUT2D eigenvalue weighted by atomic mass is 127. The quantitative estimate of drug-likeness (QED) is 0.368. The summed E-state index contributed by atoms with van der Waals surface area (Å²) in [6.07, 6.45) is 6.56. The molecule has 1 saturated carbocycles. The molecule has 1 atom stereocenters. The molecule has 1 aliphatic carbocycles. The number of halogens is 1. The monoisotopic (exact) mass is 459 g/mol. The van der Waals surface area contributed by atoms with E-state index in [9.17, 15) is 4.79 Å². The highest BCUT2D eigenvalue weighted by molar-refractivity contribution is 5.89. The normalized spacial score (nSPS) is 17.0. The molecule has 1 aliphatic rings. The van der Waals surface area contributed by atoms with E-state index in [0.29, 0.717) is 17.5 Å². The van der Waals surface area contributed by atoms with E-state index in [1.165, 1.54) is 37.7 Å². The summed E-state index contributed by atoms with van der Waals surface area (Å²) >= 11 is 0. The summed E-state index contributed by atoms with van der Waals surface area (Å²) in [5, 5.41) is 0. The van der Waals surface area contributed by atoms with Crippen molar-refractivity contribution in [1.82, 2.24) is 0 Å². The predicted octanol–water partition coefficient (Wildman–Crippen LogP) is 1.77. The maximum absolute atomic E-state index is 12.5. The Labute approximate surface area is 170 Å². The van der Waals surface area contributed by atoms with Crippen molar-refractivity contribution in [2.75, 3.05) is 20.6 Å². The van der Waals surface area contributed by atoms with Gasteiger partial charge < -0.3 is 33.2 Å². The molecule has 0 amide bonds. The minimum absolute atomic E-state index is 0. The van der Waals surface area contributed by atoms with Crippen molar-refractivity contribution in [1.29, 1.82) is 0 Å². The molecule has 0 aromatic heterocycles. The Morgan fingerprint density at radius 2 is 1.80 bits per heavy atom. The van der Waals surface area contributed by atoms with Crippen molar-refractivity contribution in [3.8, 4) is 0 Å². The Morgan fingerprint density at radius 3 is 2.40 bits per heavy atom. The lowest BCUT2D eigenvalue weighted by Crippen LogP contribution is -3.00. The van der Waals surface area contributed by atoms with Crippen molar-refractivity contribution in [3.63, 3.8) is 0 Å². The number of nitrogens with zero attached hydrogens (tertiary/aromatic N) is 1. The first kappa shape index (κ1) is 22.4. The summed E-state index contributed by atoms with van der Waals surface area (Å²) in [7, 11) is 4.55. The van der Waals surface area contributed by atoms with E-state index in [1.807, 2.05) is 25.1 Å². The van der Waals surface area contributed by atoms with Gasteiger partial charge in [0.25, 0.3) is 0 Å². The molecule has 4 heteroatoms. The van der Waals surface area contributed by atoms with Gasteiger partial charge in [0.15, 0.2) is 0 Å². The van der Waals surface area contributed by atoms with Gasteiger partial charge in [0.1, 0.15) is 12.6 Å². The smallest absolute Gasteiger partial charge is 0.338 e. The third-order valence-corrected chi connectivity index (χ3v) is 5.39. The zero-order valence-electron chi connectivity index (χ0n) is 16.4. The number of hydrogen-bond acceptors (Lipinski definition) is 2. The molecule has 0 bridgehead atoms. The maximum atomic E-state index is 12.5. The second-order valence-corrected chi connectivity index (χ2v) is 8.25. The van der Waals surface area contributed by atoms with E-state index in [-0.39, 0.29) is 36.0 Å². The molecule has 1 unspecified atom stereocenters. The molecule has 0 aliphatic heterocycles. The van der Waals surface area contributed by atoms with Crippen LogP contribution in [0.5, 0.6) is 0 Å². The zero-order valence-corrected chi connectivity index (χ0v) is 18.6. The highest BCUT2D eigenvalue weighted by Crippen LogP contribution is 2.26. The molecule has 25 heavy (non-hydrogen) atoms. The van der Waals surface area contributed by atoms with Crippen LogP contribution in [0.3, 0.4) is 0 Å². The van der Waals surface area contributed by atoms with Crippen LogP contribution < -0.4 is 24.0 Å². The Balaban J connectivity index is 0.00000312. The van der Waals surface area contributed by atoms with E-state index < -0.39 is 0 Å². The molecular formula is C21H34INO2. The van der Waals surface area contributed by atoms with Crippen molar-refractivity contribution in [2.45, 2.75) is 70.9 Å². The van der Waals surface area contributed by atoms with Crippen LogP contribution in [0.2, 0.25) is 0 Å². The van der Waals surface area contributed by atoms with E-state index in [0.717, 1.165) is 11.0 Å². The molecule has 3 nitrogen and oxygen atoms in total. The first-order valence-corrected chi connectivity index (χ1v) is 9.43. The van der Waals surface area contributed by atoms with Crippen LogP contribution in [0.1, 0.15) is 74.7 Å². The van der Waals surface area contributed by atoms with Crippen LogP contribution in [-0.2, 0) is 4.74 Å². The van der Waals surface area contributed by atoms with E-state index in [2.05, 4.69) is 34.0 Å². The third-order valence-electron chi connectivity index (χ3n) is 5.39. The molecule has 0 N–H and O–H groups in total. The average molecular weight is 459 g/mol. The third kappa shape index (κ3) is 6.55. The number of hydrogen-bond donors (Lipinski definition) is 0. The van der Waals surface area contributed by atoms with Gasteiger partial charge in [-0.05, 0) is 56.2 Å². The number of carbonyl (C=O) groups excluding carboxylic acids is 1. The Hall–Kier alpha value is -0.620. The fourth-order valence-corrected chi connectivity index (χ4v) is 3.90. The van der Waals surface area contributed by atoms with Gasteiger partial charge in [-0.2, -0.15) is 0 Å². The van der Waals surface area contributed by atoms with Crippen molar-refractivity contribution in [2.24, 2.45) is 0 Å². The van der Waals surface area contributed by atoms with Crippen molar-refractivity contribution < 1.29 is 38.0 Å². The number of benzene rings is 1. The molecule has 0 radical (unpaired) electrons. The molecule has 0 heterocycles. The zero-order chi connectivity index (χ0) is 17.7. The van der Waals surface area contributed by atoms with Gasteiger partial charge in [-0.1, -0.05) is 32.4 Å². The second-order valence-electron chi connectivity index (χ2n) is 8.25. The van der Waals surface area contributed by atoms with Gasteiger partial charge in [-0.25, -0.2) is 4.79 Å². The van der Waals surface area contributed by atoms with Gasteiger partial charge in [0, 0.05) is 0 Å². The summed E-state index contributed by atoms with van der Waals surface area (Å²) < 4.78 is 6.69. The molecular weight excluding hydrogens is 425 g/mol. The lowest BCUT2D eigenvalue weighted by Gasteiger charge is -2.41. The van der Waals surface area contributed by atoms with Gasteiger partial charge in [-0.15, -0.1) is 0 Å². The van der Waals surface area contributed by atoms with Crippen LogP contribution in [0.25, 0.3) is 0 Å². The standard InChI is InChI=1S/C21H34NO2.HI/c1-16(2)18-10-9-11-19(14-18)21(23)24-17(3)15-22(4,5)20-12-7-6-8-13-20;/h9-11,14,16-17,20H,6-8,12-13,15H2,1-5H3;1H/q+1;/p-1. The summed E-state index contributed by atoms with van der Waals surface area (Å²) in [4.78, 5) is 12.5. The average Bonchev–Trinajstić information content (AvgIpc) is 2.55. The highest BCUT2D eigenvalue weighted by Gasteiger charge is 2.32.